The van der Waals surface area contributed by atoms with Gasteiger partial charge in [0.15, 0.2) is 6.10 Å². The molecule has 0 radical (unpaired) electrons. The first kappa shape index (κ1) is 70.1. The van der Waals surface area contributed by atoms with E-state index in [4.69, 9.17) is 14.2 Å². The lowest BCUT2D eigenvalue weighted by molar-refractivity contribution is -0.167. The number of hydrogen-bond donors (Lipinski definition) is 0. The molecule has 0 aliphatic heterocycles. The van der Waals surface area contributed by atoms with Gasteiger partial charge in [0.1, 0.15) is 13.2 Å². The molecule has 1 unspecified atom stereocenters. The normalized spacial score (nSPS) is 12.4. The molecule has 424 valence electrons. The second-order valence-corrected chi connectivity index (χ2v) is 21.3. The maximum atomic E-state index is 12.9. The molecule has 0 rings (SSSR count). The zero-order valence-corrected chi connectivity index (χ0v) is 48.7. The van der Waals surface area contributed by atoms with Crippen LogP contribution in [0.5, 0.6) is 0 Å². The van der Waals surface area contributed by atoms with E-state index in [1.807, 2.05) is 0 Å². The van der Waals surface area contributed by atoms with Gasteiger partial charge in [-0.25, -0.2) is 0 Å². The van der Waals surface area contributed by atoms with Crippen LogP contribution in [0.15, 0.2) is 60.8 Å². The van der Waals surface area contributed by atoms with Crippen molar-refractivity contribution in [1.82, 2.24) is 0 Å². The Morgan fingerprint density at radius 3 is 0.863 bits per heavy atom. The number of rotatable bonds is 58. The predicted molar refractivity (Wildman–Crippen MR) is 316 cm³/mol. The maximum Gasteiger partial charge on any atom is 0.306 e. The molecule has 0 saturated carbocycles. The van der Waals surface area contributed by atoms with E-state index in [0.717, 1.165) is 89.9 Å². The number of ether oxygens (including phenoxy) is 3. The fraction of sp³-hybridized carbons (Fsp3) is 0.806. The molecule has 0 bridgehead atoms. The van der Waals surface area contributed by atoms with Gasteiger partial charge >= 0.3 is 17.9 Å². The molecule has 0 aliphatic rings. The molecule has 0 aromatic rings. The first-order valence-electron chi connectivity index (χ1n) is 31.8. The van der Waals surface area contributed by atoms with Crippen molar-refractivity contribution in [3.05, 3.63) is 60.8 Å². The van der Waals surface area contributed by atoms with Crippen molar-refractivity contribution < 1.29 is 28.6 Å². The zero-order valence-electron chi connectivity index (χ0n) is 48.7. The molecule has 0 N–H and O–H groups in total. The summed E-state index contributed by atoms with van der Waals surface area (Å²) in [5.74, 6) is -0.869. The van der Waals surface area contributed by atoms with Crippen LogP contribution in [0.3, 0.4) is 0 Å². The van der Waals surface area contributed by atoms with Crippen LogP contribution in [0.2, 0.25) is 0 Å². The van der Waals surface area contributed by atoms with Gasteiger partial charge in [0.2, 0.25) is 0 Å². The van der Waals surface area contributed by atoms with E-state index >= 15 is 0 Å². The van der Waals surface area contributed by atoms with Gasteiger partial charge in [0, 0.05) is 19.3 Å². The van der Waals surface area contributed by atoms with Crippen LogP contribution in [0, 0.1) is 0 Å². The summed E-state index contributed by atoms with van der Waals surface area (Å²) in [6.45, 7) is 6.55. The molecule has 0 saturated heterocycles. The number of carbonyl (C=O) groups is 3. The van der Waals surface area contributed by atoms with Gasteiger partial charge in [-0.2, -0.15) is 0 Å². The van der Waals surface area contributed by atoms with E-state index in [9.17, 15) is 14.4 Å². The van der Waals surface area contributed by atoms with E-state index in [-0.39, 0.29) is 31.1 Å². The zero-order chi connectivity index (χ0) is 52.9. The quantitative estimate of drug-likeness (QED) is 0.0261. The van der Waals surface area contributed by atoms with Crippen LogP contribution < -0.4 is 0 Å². The van der Waals surface area contributed by atoms with Crippen molar-refractivity contribution in [3.8, 4) is 0 Å². The highest BCUT2D eigenvalue weighted by Gasteiger charge is 2.19. The van der Waals surface area contributed by atoms with Gasteiger partial charge in [-0.1, -0.05) is 287 Å². The van der Waals surface area contributed by atoms with Gasteiger partial charge in [0.05, 0.1) is 0 Å². The van der Waals surface area contributed by atoms with Crippen molar-refractivity contribution in [2.75, 3.05) is 13.2 Å². The smallest absolute Gasteiger partial charge is 0.306 e. The van der Waals surface area contributed by atoms with Crippen molar-refractivity contribution in [1.29, 1.82) is 0 Å². The van der Waals surface area contributed by atoms with E-state index in [2.05, 4.69) is 81.5 Å². The monoisotopic (exact) mass is 1020 g/mol. The highest BCUT2D eigenvalue weighted by molar-refractivity contribution is 5.71. The predicted octanol–water partition coefficient (Wildman–Crippen LogP) is 21.6. The van der Waals surface area contributed by atoms with Gasteiger partial charge in [-0.3, -0.25) is 14.4 Å². The highest BCUT2D eigenvalue weighted by Crippen LogP contribution is 2.17. The molecule has 6 heteroatoms. The summed E-state index contributed by atoms with van der Waals surface area (Å²) in [6, 6.07) is 0. The standard InChI is InChI=1S/C67H120O6/c1-4-7-10-13-16-19-22-25-27-29-31-32-33-34-36-37-39-42-45-48-51-54-57-60-66(69)72-63-64(62-71-65(68)59-56-53-50-47-44-41-24-21-18-15-12-9-6-3)73-67(70)61-58-55-52-49-46-43-40-38-35-30-28-26-23-20-17-14-11-8-5-2/h7,10,16,19,21,24-25,27,31-32,64H,4-6,8-9,11-15,17-18,20,22-23,26,28-30,33-63H2,1-3H3/b10-7-,19-16-,24-21-,27-25-,32-31-. The summed E-state index contributed by atoms with van der Waals surface area (Å²) in [6.07, 6.45) is 77.9. The number of esters is 3. The molecule has 0 amide bonds. The molecule has 0 aromatic heterocycles. The van der Waals surface area contributed by atoms with E-state index in [1.165, 1.54) is 199 Å². The Bertz CT molecular complexity index is 1310. The van der Waals surface area contributed by atoms with Crippen LogP contribution in [0.1, 0.15) is 329 Å². The number of allylic oxidation sites excluding steroid dienone is 10. The molecular weight excluding hydrogens is 901 g/mol. The highest BCUT2D eigenvalue weighted by atomic mass is 16.6. The Balaban J connectivity index is 4.30. The summed E-state index contributed by atoms with van der Waals surface area (Å²) < 4.78 is 16.9. The molecule has 1 atom stereocenters. The minimum absolute atomic E-state index is 0.0757. The SMILES string of the molecule is CC/C=C\C/C=C\C/C=C\C/C=C\CCCCCCCCCCCCC(=O)OCC(COC(=O)CCCCCCC/C=C\CCCCCC)OC(=O)CCCCCCCCCCCCCCCCCCCCC. The van der Waals surface area contributed by atoms with E-state index in [0.29, 0.717) is 19.3 Å². The molecule has 0 spiro atoms. The molecular formula is C67H120O6. The minimum Gasteiger partial charge on any atom is -0.462 e. The fourth-order valence-corrected chi connectivity index (χ4v) is 9.25. The van der Waals surface area contributed by atoms with Crippen LogP contribution >= 0.6 is 0 Å². The Morgan fingerprint density at radius 2 is 0.534 bits per heavy atom. The minimum atomic E-state index is -0.778. The van der Waals surface area contributed by atoms with Crippen molar-refractivity contribution in [3.63, 3.8) is 0 Å². The molecule has 0 heterocycles. The molecule has 0 fully saturated rings. The van der Waals surface area contributed by atoms with E-state index in [1.54, 1.807) is 0 Å². The Kier molecular flexibility index (Phi) is 59.2. The van der Waals surface area contributed by atoms with Crippen molar-refractivity contribution in [2.24, 2.45) is 0 Å². The van der Waals surface area contributed by atoms with Gasteiger partial charge in [-0.15, -0.1) is 0 Å². The van der Waals surface area contributed by atoms with Gasteiger partial charge < -0.3 is 14.2 Å². The largest absolute Gasteiger partial charge is 0.462 e. The van der Waals surface area contributed by atoms with Gasteiger partial charge in [-0.05, 0) is 83.5 Å². The van der Waals surface area contributed by atoms with Gasteiger partial charge in [0.25, 0.3) is 0 Å². The first-order chi connectivity index (χ1) is 36.0. The van der Waals surface area contributed by atoms with Crippen molar-refractivity contribution >= 4 is 17.9 Å². The summed E-state index contributed by atoms with van der Waals surface area (Å²) in [5.41, 5.74) is 0. The Labute approximate surface area is 453 Å². The first-order valence-corrected chi connectivity index (χ1v) is 31.8. The Morgan fingerprint density at radius 1 is 0.288 bits per heavy atom. The molecule has 6 nitrogen and oxygen atoms in total. The van der Waals surface area contributed by atoms with Crippen LogP contribution in [-0.2, 0) is 28.6 Å². The topological polar surface area (TPSA) is 78.9 Å². The summed E-state index contributed by atoms with van der Waals surface area (Å²) >= 11 is 0. The molecule has 0 aliphatic carbocycles. The lowest BCUT2D eigenvalue weighted by Crippen LogP contribution is -2.30. The molecule has 73 heavy (non-hydrogen) atoms. The maximum absolute atomic E-state index is 12.9. The fourth-order valence-electron chi connectivity index (χ4n) is 9.25. The molecule has 0 aromatic carbocycles. The third-order valence-corrected chi connectivity index (χ3v) is 14.0. The van der Waals surface area contributed by atoms with Crippen LogP contribution in [-0.4, -0.2) is 37.2 Å². The van der Waals surface area contributed by atoms with Crippen LogP contribution in [0.25, 0.3) is 0 Å². The van der Waals surface area contributed by atoms with Crippen molar-refractivity contribution in [2.45, 2.75) is 335 Å². The third kappa shape index (κ3) is 59.9. The summed E-state index contributed by atoms with van der Waals surface area (Å²) in [7, 11) is 0. The average Bonchev–Trinajstić information content (AvgIpc) is 3.39. The third-order valence-electron chi connectivity index (χ3n) is 14.0. The van der Waals surface area contributed by atoms with Crippen LogP contribution in [0.4, 0.5) is 0 Å². The summed E-state index contributed by atoms with van der Waals surface area (Å²) in [4.78, 5) is 38.3. The summed E-state index contributed by atoms with van der Waals surface area (Å²) in [5, 5.41) is 0. The average molecular weight is 1020 g/mol. The number of hydrogen-bond acceptors (Lipinski definition) is 6. The number of carbonyl (C=O) groups excluding carboxylic acids is 3. The lowest BCUT2D eigenvalue weighted by atomic mass is 10.0. The number of unbranched alkanes of at least 4 members (excludes halogenated alkanes) is 37. The van der Waals surface area contributed by atoms with E-state index < -0.39 is 6.10 Å². The second kappa shape index (κ2) is 61.7. The second-order valence-electron chi connectivity index (χ2n) is 21.3. The lowest BCUT2D eigenvalue weighted by Gasteiger charge is -2.18. The Hall–Kier alpha value is -2.89.